The number of ether oxygens (including phenoxy) is 1. The van der Waals surface area contributed by atoms with Gasteiger partial charge in [0.2, 0.25) is 5.91 Å². The standard InChI is InChI=1S/C26H32N2O2/c1-18-3-5-19(6-4-18)15-27-14-13-25-24(16-27)23(17-28(25)26(29)21-7-8-21)20-9-11-22(30-2)12-10-20/h3-6,9-12,21,23-25H,7-8,13-17H2,1-2H3/t23-,24-,25-/m1/s1. The third-order valence-corrected chi connectivity index (χ3v) is 7.30. The highest BCUT2D eigenvalue weighted by molar-refractivity contribution is 5.82. The van der Waals surface area contributed by atoms with E-state index in [1.54, 1.807) is 7.11 Å². The van der Waals surface area contributed by atoms with Crippen LogP contribution in [-0.2, 0) is 11.3 Å². The number of fused-ring (bicyclic) bond motifs is 1. The Kier molecular flexibility index (Phi) is 5.28. The Bertz CT molecular complexity index is 888. The van der Waals surface area contributed by atoms with Crippen LogP contribution in [0.1, 0.15) is 41.9 Å². The van der Waals surface area contributed by atoms with Gasteiger partial charge in [0.05, 0.1) is 7.11 Å². The van der Waals surface area contributed by atoms with Gasteiger partial charge in [-0.05, 0) is 49.4 Å². The molecule has 5 rings (SSSR count). The van der Waals surface area contributed by atoms with Crippen LogP contribution in [0.3, 0.4) is 0 Å². The van der Waals surface area contributed by atoms with Crippen LogP contribution in [0.25, 0.3) is 0 Å². The Morgan fingerprint density at radius 3 is 2.40 bits per heavy atom. The zero-order chi connectivity index (χ0) is 20.7. The number of amides is 1. The van der Waals surface area contributed by atoms with E-state index in [0.29, 0.717) is 29.7 Å². The lowest BCUT2D eigenvalue weighted by atomic mass is 9.81. The molecule has 158 valence electrons. The van der Waals surface area contributed by atoms with Crippen molar-refractivity contribution < 1.29 is 9.53 Å². The van der Waals surface area contributed by atoms with Gasteiger partial charge in [-0.15, -0.1) is 0 Å². The minimum Gasteiger partial charge on any atom is -0.497 e. The monoisotopic (exact) mass is 404 g/mol. The number of hydrogen-bond donors (Lipinski definition) is 0. The minimum atomic E-state index is 0.297. The van der Waals surface area contributed by atoms with E-state index in [0.717, 1.165) is 51.2 Å². The van der Waals surface area contributed by atoms with Crippen molar-refractivity contribution >= 4 is 5.91 Å². The van der Waals surface area contributed by atoms with Crippen molar-refractivity contribution in [2.75, 3.05) is 26.7 Å². The summed E-state index contributed by atoms with van der Waals surface area (Å²) in [5.74, 6) is 2.51. The molecule has 3 aliphatic rings. The van der Waals surface area contributed by atoms with Crippen LogP contribution in [0.5, 0.6) is 5.75 Å². The van der Waals surface area contributed by atoms with E-state index in [2.05, 4.69) is 65.3 Å². The van der Waals surface area contributed by atoms with Crippen molar-refractivity contribution in [3.05, 3.63) is 65.2 Å². The van der Waals surface area contributed by atoms with Gasteiger partial charge in [-0.25, -0.2) is 0 Å². The molecule has 0 spiro atoms. The molecule has 0 aromatic heterocycles. The SMILES string of the molecule is COc1ccc([C@H]2CN(C(=O)C3CC3)[C@@H]3CCN(Cc4ccc(C)cc4)C[C@H]23)cc1. The average Bonchev–Trinajstić information content (AvgIpc) is 3.56. The number of methoxy groups -OCH3 is 1. The molecule has 3 atom stereocenters. The van der Waals surface area contributed by atoms with Gasteiger partial charge in [0, 0.05) is 50.0 Å². The van der Waals surface area contributed by atoms with Crippen LogP contribution in [0, 0.1) is 18.8 Å². The quantitative estimate of drug-likeness (QED) is 0.748. The summed E-state index contributed by atoms with van der Waals surface area (Å²) in [7, 11) is 1.71. The first-order chi connectivity index (χ1) is 14.6. The van der Waals surface area contributed by atoms with Crippen LogP contribution in [0.4, 0.5) is 0 Å². The lowest BCUT2D eigenvalue weighted by Crippen LogP contribution is -2.48. The van der Waals surface area contributed by atoms with Crippen LogP contribution < -0.4 is 4.74 Å². The highest BCUT2D eigenvalue weighted by Gasteiger charge is 2.49. The summed E-state index contributed by atoms with van der Waals surface area (Å²) < 4.78 is 5.36. The van der Waals surface area contributed by atoms with E-state index in [1.165, 1.54) is 16.7 Å². The maximum atomic E-state index is 13.0. The number of carbonyl (C=O) groups excluding carboxylic acids is 1. The number of rotatable bonds is 5. The number of aryl methyl sites for hydroxylation is 1. The first kappa shape index (κ1) is 19.6. The molecule has 2 aromatic rings. The van der Waals surface area contributed by atoms with Crippen molar-refractivity contribution in [1.29, 1.82) is 0 Å². The Hall–Kier alpha value is -2.33. The Morgan fingerprint density at radius 1 is 1.00 bits per heavy atom. The number of likely N-dealkylation sites (tertiary alicyclic amines) is 2. The van der Waals surface area contributed by atoms with E-state index in [1.807, 2.05) is 0 Å². The third-order valence-electron chi connectivity index (χ3n) is 7.30. The molecule has 2 saturated heterocycles. The maximum absolute atomic E-state index is 13.0. The minimum absolute atomic E-state index is 0.297. The largest absolute Gasteiger partial charge is 0.497 e. The van der Waals surface area contributed by atoms with Gasteiger partial charge in [0.1, 0.15) is 5.75 Å². The Morgan fingerprint density at radius 2 is 1.73 bits per heavy atom. The first-order valence-electron chi connectivity index (χ1n) is 11.3. The molecule has 0 bridgehead atoms. The smallest absolute Gasteiger partial charge is 0.225 e. The zero-order valence-corrected chi connectivity index (χ0v) is 18.1. The van der Waals surface area contributed by atoms with Gasteiger partial charge in [-0.3, -0.25) is 9.69 Å². The van der Waals surface area contributed by atoms with Gasteiger partial charge < -0.3 is 9.64 Å². The maximum Gasteiger partial charge on any atom is 0.225 e. The molecule has 4 heteroatoms. The molecule has 1 amide bonds. The number of carbonyl (C=O) groups is 1. The summed E-state index contributed by atoms with van der Waals surface area (Å²) in [6, 6.07) is 17.8. The molecular formula is C26H32N2O2. The van der Waals surface area contributed by atoms with Crippen molar-refractivity contribution in [1.82, 2.24) is 9.80 Å². The number of hydrogen-bond acceptors (Lipinski definition) is 3. The van der Waals surface area contributed by atoms with Crippen LogP contribution in [0.2, 0.25) is 0 Å². The molecule has 0 radical (unpaired) electrons. The Labute approximate surface area is 179 Å². The average molecular weight is 405 g/mol. The number of piperidine rings is 1. The van der Waals surface area contributed by atoms with Gasteiger partial charge in [0.15, 0.2) is 0 Å². The molecule has 30 heavy (non-hydrogen) atoms. The molecule has 0 N–H and O–H groups in total. The Balaban J connectivity index is 1.37. The van der Waals surface area contributed by atoms with E-state index in [-0.39, 0.29) is 0 Å². The molecule has 1 aliphatic carbocycles. The fraction of sp³-hybridized carbons (Fsp3) is 0.500. The number of benzene rings is 2. The lowest BCUT2D eigenvalue weighted by molar-refractivity contribution is -0.134. The molecule has 2 aliphatic heterocycles. The highest BCUT2D eigenvalue weighted by atomic mass is 16.5. The second-order valence-electron chi connectivity index (χ2n) is 9.39. The fourth-order valence-electron chi connectivity index (χ4n) is 5.42. The fourth-order valence-corrected chi connectivity index (χ4v) is 5.42. The first-order valence-corrected chi connectivity index (χ1v) is 11.3. The van der Waals surface area contributed by atoms with Gasteiger partial charge in [-0.1, -0.05) is 42.0 Å². The summed E-state index contributed by atoms with van der Waals surface area (Å²) in [4.78, 5) is 17.9. The highest BCUT2D eigenvalue weighted by Crippen LogP contribution is 2.44. The van der Waals surface area contributed by atoms with Crippen molar-refractivity contribution in [2.45, 2.75) is 44.7 Å². The summed E-state index contributed by atoms with van der Waals surface area (Å²) >= 11 is 0. The van der Waals surface area contributed by atoms with Gasteiger partial charge in [0.25, 0.3) is 0 Å². The third kappa shape index (κ3) is 3.85. The zero-order valence-electron chi connectivity index (χ0n) is 18.1. The van der Waals surface area contributed by atoms with Crippen LogP contribution in [0.15, 0.2) is 48.5 Å². The molecule has 0 unspecified atom stereocenters. The van der Waals surface area contributed by atoms with Crippen LogP contribution >= 0.6 is 0 Å². The van der Waals surface area contributed by atoms with E-state index < -0.39 is 0 Å². The lowest BCUT2D eigenvalue weighted by Gasteiger charge is -2.39. The summed E-state index contributed by atoms with van der Waals surface area (Å²) in [6.07, 6.45) is 3.25. The predicted molar refractivity (Wildman–Crippen MR) is 119 cm³/mol. The van der Waals surface area contributed by atoms with Crippen molar-refractivity contribution in [3.63, 3.8) is 0 Å². The topological polar surface area (TPSA) is 32.8 Å². The van der Waals surface area contributed by atoms with Gasteiger partial charge in [-0.2, -0.15) is 0 Å². The van der Waals surface area contributed by atoms with Crippen molar-refractivity contribution in [3.8, 4) is 5.75 Å². The summed E-state index contributed by atoms with van der Waals surface area (Å²) in [5.41, 5.74) is 4.03. The van der Waals surface area contributed by atoms with E-state index >= 15 is 0 Å². The molecule has 2 aromatic carbocycles. The molecule has 3 fully saturated rings. The summed E-state index contributed by atoms with van der Waals surface area (Å²) in [6.45, 7) is 6.13. The molecule has 2 heterocycles. The summed E-state index contributed by atoms with van der Waals surface area (Å²) in [5, 5.41) is 0. The van der Waals surface area contributed by atoms with E-state index in [9.17, 15) is 4.79 Å². The van der Waals surface area contributed by atoms with Gasteiger partial charge >= 0.3 is 0 Å². The second-order valence-corrected chi connectivity index (χ2v) is 9.39. The molecule has 4 nitrogen and oxygen atoms in total. The normalized spacial score (nSPS) is 26.5. The number of nitrogens with zero attached hydrogens (tertiary/aromatic N) is 2. The predicted octanol–water partition coefficient (Wildman–Crippen LogP) is 4.23. The van der Waals surface area contributed by atoms with Crippen LogP contribution in [-0.4, -0.2) is 48.5 Å². The van der Waals surface area contributed by atoms with Crippen molar-refractivity contribution in [2.24, 2.45) is 11.8 Å². The molecular weight excluding hydrogens is 372 g/mol. The second kappa shape index (κ2) is 8.07. The molecule has 1 saturated carbocycles. The van der Waals surface area contributed by atoms with E-state index in [4.69, 9.17) is 4.74 Å².